The molecule has 0 N–H and O–H groups in total. The van der Waals surface area contributed by atoms with E-state index in [4.69, 9.17) is 0 Å². The van der Waals surface area contributed by atoms with E-state index in [1.54, 1.807) is 0 Å². The Bertz CT molecular complexity index is 486. The summed E-state index contributed by atoms with van der Waals surface area (Å²) < 4.78 is 0. The second-order valence-electron chi connectivity index (χ2n) is 7.08. The lowest BCUT2D eigenvalue weighted by molar-refractivity contribution is -0.108. The molecule has 1 aromatic rings. The van der Waals surface area contributed by atoms with Crippen LogP contribution in [0, 0.1) is 0 Å². The van der Waals surface area contributed by atoms with Crippen molar-refractivity contribution in [3.05, 3.63) is 34.9 Å². The normalized spacial score (nSPS) is 25.9. The summed E-state index contributed by atoms with van der Waals surface area (Å²) >= 11 is 0. The average Bonchev–Trinajstić information content (AvgIpc) is 2.57. The molecule has 104 valence electrons. The molecule has 0 fully saturated rings. The van der Waals surface area contributed by atoms with Crippen molar-refractivity contribution in [1.29, 1.82) is 0 Å². The second-order valence-corrected chi connectivity index (χ2v) is 7.08. The molecule has 1 aliphatic carbocycles. The third kappa shape index (κ3) is 2.35. The maximum atomic E-state index is 10.7. The van der Waals surface area contributed by atoms with Gasteiger partial charge >= 0.3 is 0 Å². The third-order valence-electron chi connectivity index (χ3n) is 5.05. The van der Waals surface area contributed by atoms with Crippen LogP contribution in [0.25, 0.3) is 0 Å². The molecule has 2 atom stereocenters. The van der Waals surface area contributed by atoms with Gasteiger partial charge in [0.25, 0.3) is 0 Å². The fraction of sp³-hybridized carbons (Fsp3) is 0.611. The molecule has 0 saturated heterocycles. The second kappa shape index (κ2) is 4.77. The van der Waals surface area contributed by atoms with E-state index in [9.17, 15) is 4.79 Å². The molecule has 1 nitrogen and oxygen atoms in total. The smallest absolute Gasteiger partial charge is 0.120 e. The van der Waals surface area contributed by atoms with E-state index in [2.05, 4.69) is 52.8 Å². The van der Waals surface area contributed by atoms with Crippen LogP contribution in [0.5, 0.6) is 0 Å². The van der Waals surface area contributed by atoms with Crippen molar-refractivity contribution in [2.45, 2.75) is 70.6 Å². The standard InChI is InChI=1S/C18H26O/c1-6-18(5)12-17(3,4)16-11-14(7-8-15(16)18)13(2)9-10-19/h7-8,10-11,13H,6,9,12H2,1-5H3. The van der Waals surface area contributed by atoms with Crippen molar-refractivity contribution < 1.29 is 4.79 Å². The van der Waals surface area contributed by atoms with E-state index in [1.165, 1.54) is 29.5 Å². The SMILES string of the molecule is CCC1(C)CC(C)(C)c2cc(C(C)CC=O)ccc21. The summed E-state index contributed by atoms with van der Waals surface area (Å²) in [6.07, 6.45) is 4.05. The van der Waals surface area contributed by atoms with Crippen LogP contribution in [0.15, 0.2) is 18.2 Å². The molecular formula is C18H26O. The van der Waals surface area contributed by atoms with Crippen LogP contribution in [0.1, 0.15) is 76.5 Å². The molecule has 1 aliphatic rings. The van der Waals surface area contributed by atoms with Crippen LogP contribution in [-0.2, 0) is 15.6 Å². The van der Waals surface area contributed by atoms with Gasteiger partial charge in [0.15, 0.2) is 0 Å². The number of rotatable bonds is 4. The lowest BCUT2D eigenvalue weighted by atomic mass is 9.78. The fourth-order valence-corrected chi connectivity index (χ4v) is 3.72. The van der Waals surface area contributed by atoms with Crippen molar-refractivity contribution in [3.63, 3.8) is 0 Å². The van der Waals surface area contributed by atoms with Gasteiger partial charge in [-0.25, -0.2) is 0 Å². The van der Waals surface area contributed by atoms with E-state index < -0.39 is 0 Å². The van der Waals surface area contributed by atoms with E-state index in [1.807, 2.05) is 0 Å². The summed E-state index contributed by atoms with van der Waals surface area (Å²) in [6, 6.07) is 6.89. The predicted octanol–water partition coefficient (Wildman–Crippen LogP) is 4.73. The van der Waals surface area contributed by atoms with Crippen molar-refractivity contribution in [3.8, 4) is 0 Å². The van der Waals surface area contributed by atoms with Gasteiger partial charge in [-0.1, -0.05) is 52.8 Å². The van der Waals surface area contributed by atoms with Crippen LogP contribution in [0.3, 0.4) is 0 Å². The molecule has 0 aromatic heterocycles. The van der Waals surface area contributed by atoms with Crippen molar-refractivity contribution in [2.24, 2.45) is 0 Å². The first-order chi connectivity index (χ1) is 8.84. The van der Waals surface area contributed by atoms with Gasteiger partial charge < -0.3 is 4.79 Å². The minimum Gasteiger partial charge on any atom is -0.303 e. The van der Waals surface area contributed by atoms with Crippen LogP contribution < -0.4 is 0 Å². The summed E-state index contributed by atoms with van der Waals surface area (Å²) in [5, 5.41) is 0. The van der Waals surface area contributed by atoms with Crippen LogP contribution in [0.2, 0.25) is 0 Å². The van der Waals surface area contributed by atoms with Crippen molar-refractivity contribution in [1.82, 2.24) is 0 Å². The minimum absolute atomic E-state index is 0.247. The first kappa shape index (κ1) is 14.3. The summed E-state index contributed by atoms with van der Waals surface area (Å²) in [4.78, 5) is 10.7. The highest BCUT2D eigenvalue weighted by Gasteiger charge is 2.43. The summed E-state index contributed by atoms with van der Waals surface area (Å²) in [7, 11) is 0. The summed E-state index contributed by atoms with van der Waals surface area (Å²) in [5.41, 5.74) is 4.87. The summed E-state index contributed by atoms with van der Waals surface area (Å²) in [6.45, 7) is 11.5. The molecule has 0 heterocycles. The molecule has 19 heavy (non-hydrogen) atoms. The number of hydrogen-bond donors (Lipinski definition) is 0. The number of aldehydes is 1. The largest absolute Gasteiger partial charge is 0.303 e. The molecule has 0 radical (unpaired) electrons. The maximum absolute atomic E-state index is 10.7. The van der Waals surface area contributed by atoms with Gasteiger partial charge in [-0.3, -0.25) is 0 Å². The van der Waals surface area contributed by atoms with Gasteiger partial charge in [-0.2, -0.15) is 0 Å². The van der Waals surface area contributed by atoms with Gasteiger partial charge in [0, 0.05) is 6.42 Å². The highest BCUT2D eigenvalue weighted by Crippen LogP contribution is 2.51. The van der Waals surface area contributed by atoms with Crippen LogP contribution in [0.4, 0.5) is 0 Å². The molecule has 2 rings (SSSR count). The molecular weight excluding hydrogens is 232 g/mol. The van der Waals surface area contributed by atoms with E-state index >= 15 is 0 Å². The first-order valence-corrected chi connectivity index (χ1v) is 7.42. The van der Waals surface area contributed by atoms with Crippen molar-refractivity contribution in [2.75, 3.05) is 0 Å². The Labute approximate surface area is 117 Å². The number of benzene rings is 1. The molecule has 0 bridgehead atoms. The maximum Gasteiger partial charge on any atom is 0.120 e. The number of fused-ring (bicyclic) bond motifs is 1. The van der Waals surface area contributed by atoms with E-state index in [0.29, 0.717) is 17.8 Å². The van der Waals surface area contributed by atoms with Crippen molar-refractivity contribution >= 4 is 6.29 Å². The Morgan fingerprint density at radius 2 is 1.95 bits per heavy atom. The molecule has 0 aliphatic heterocycles. The van der Waals surface area contributed by atoms with Gasteiger partial charge in [0.05, 0.1) is 0 Å². The Morgan fingerprint density at radius 1 is 1.26 bits per heavy atom. The molecule has 0 saturated carbocycles. The number of carbonyl (C=O) groups excluding carboxylic acids is 1. The minimum atomic E-state index is 0.247. The average molecular weight is 258 g/mol. The lowest BCUT2D eigenvalue weighted by Crippen LogP contribution is -2.20. The monoisotopic (exact) mass is 258 g/mol. The molecule has 1 aromatic carbocycles. The quantitative estimate of drug-likeness (QED) is 0.714. The predicted molar refractivity (Wildman–Crippen MR) is 80.8 cm³/mol. The van der Waals surface area contributed by atoms with Gasteiger partial charge in [-0.05, 0) is 46.3 Å². The highest BCUT2D eigenvalue weighted by molar-refractivity contribution is 5.53. The Morgan fingerprint density at radius 3 is 2.53 bits per heavy atom. The van der Waals surface area contributed by atoms with Crippen LogP contribution >= 0.6 is 0 Å². The zero-order valence-corrected chi connectivity index (χ0v) is 12.9. The van der Waals surface area contributed by atoms with Gasteiger partial charge in [0.2, 0.25) is 0 Å². The van der Waals surface area contributed by atoms with E-state index in [0.717, 1.165) is 6.29 Å². The highest BCUT2D eigenvalue weighted by atomic mass is 16.1. The summed E-state index contributed by atoms with van der Waals surface area (Å²) in [5.74, 6) is 0.326. The molecule has 0 amide bonds. The lowest BCUT2D eigenvalue weighted by Gasteiger charge is -2.25. The Kier molecular flexibility index (Phi) is 3.59. The Hall–Kier alpha value is -1.11. The number of hydrogen-bond acceptors (Lipinski definition) is 1. The van der Waals surface area contributed by atoms with Gasteiger partial charge in [-0.15, -0.1) is 0 Å². The number of carbonyl (C=O) groups is 1. The molecule has 0 spiro atoms. The zero-order chi connectivity index (χ0) is 14.3. The van der Waals surface area contributed by atoms with Crippen LogP contribution in [-0.4, -0.2) is 6.29 Å². The Balaban J connectivity index is 2.48. The molecule has 2 unspecified atom stereocenters. The van der Waals surface area contributed by atoms with Gasteiger partial charge in [0.1, 0.15) is 6.29 Å². The third-order valence-corrected chi connectivity index (χ3v) is 5.05. The topological polar surface area (TPSA) is 17.1 Å². The fourth-order valence-electron chi connectivity index (χ4n) is 3.72. The zero-order valence-electron chi connectivity index (χ0n) is 12.9. The first-order valence-electron chi connectivity index (χ1n) is 7.42. The van der Waals surface area contributed by atoms with E-state index in [-0.39, 0.29) is 5.41 Å². The molecule has 1 heteroatoms.